The summed E-state index contributed by atoms with van der Waals surface area (Å²) in [5.74, 6) is -0.374. The molecule has 0 N–H and O–H groups in total. The van der Waals surface area contributed by atoms with E-state index in [1.165, 1.54) is 23.8 Å². The zero-order chi connectivity index (χ0) is 15.3. The molecule has 4 aromatic rings. The van der Waals surface area contributed by atoms with E-state index in [-0.39, 0.29) is 5.82 Å². The molecule has 0 radical (unpaired) electrons. The average Bonchev–Trinajstić information content (AvgIpc) is 2.91. The lowest BCUT2D eigenvalue weighted by molar-refractivity contribution is 0.624. The summed E-state index contributed by atoms with van der Waals surface area (Å²) < 4.78 is 17.9. The topological polar surface area (TPSA) is 51.6 Å². The number of fused-ring (bicyclic) bond motifs is 2. The minimum atomic E-state index is -0.374. The first kappa shape index (κ1) is 13.2. The predicted molar refractivity (Wildman–Crippen MR) is 85.4 cm³/mol. The fourth-order valence-corrected chi connectivity index (χ4v) is 3.36. The number of halogens is 1. The Kier molecular flexibility index (Phi) is 2.87. The highest BCUT2D eigenvalue weighted by atomic mass is 32.1. The van der Waals surface area contributed by atoms with Crippen molar-refractivity contribution in [3.05, 3.63) is 47.8 Å². The summed E-state index contributed by atoms with van der Waals surface area (Å²) in [5.41, 5.74) is 4.26. The van der Waals surface area contributed by atoms with Gasteiger partial charge in [-0.05, 0) is 49.1 Å². The van der Waals surface area contributed by atoms with Crippen LogP contribution in [0.15, 0.2) is 30.6 Å². The minimum Gasteiger partial charge on any atom is -0.258 e. The molecule has 0 atom stereocenters. The third-order valence-electron chi connectivity index (χ3n) is 3.50. The van der Waals surface area contributed by atoms with E-state index in [2.05, 4.69) is 19.3 Å². The van der Waals surface area contributed by atoms with Crippen LogP contribution in [0.4, 0.5) is 4.39 Å². The zero-order valence-corrected chi connectivity index (χ0v) is 12.8. The molecule has 0 saturated heterocycles. The fraction of sp³-hybridized carbons (Fsp3) is 0.125. The van der Waals surface area contributed by atoms with Gasteiger partial charge in [-0.15, -0.1) is 0 Å². The van der Waals surface area contributed by atoms with Crippen LogP contribution in [0.3, 0.4) is 0 Å². The van der Waals surface area contributed by atoms with E-state index in [1.807, 2.05) is 26.0 Å². The van der Waals surface area contributed by atoms with Crippen molar-refractivity contribution in [3.8, 4) is 11.1 Å². The molecule has 0 aliphatic rings. The van der Waals surface area contributed by atoms with Crippen LogP contribution in [-0.4, -0.2) is 19.3 Å². The number of hydrogen-bond acceptors (Lipinski definition) is 5. The van der Waals surface area contributed by atoms with Gasteiger partial charge in [0.05, 0.1) is 12.4 Å². The third-order valence-corrected chi connectivity index (χ3v) is 4.20. The molecule has 4 nitrogen and oxygen atoms in total. The summed E-state index contributed by atoms with van der Waals surface area (Å²) in [5, 5.41) is 1.60. The van der Waals surface area contributed by atoms with Crippen LogP contribution < -0.4 is 0 Å². The smallest absolute Gasteiger partial charge is 0.161 e. The van der Waals surface area contributed by atoms with Crippen molar-refractivity contribution >= 4 is 32.8 Å². The third kappa shape index (κ3) is 2.03. The van der Waals surface area contributed by atoms with Gasteiger partial charge in [-0.3, -0.25) is 4.98 Å². The molecule has 22 heavy (non-hydrogen) atoms. The lowest BCUT2D eigenvalue weighted by Crippen LogP contribution is -1.93. The van der Waals surface area contributed by atoms with Crippen molar-refractivity contribution in [2.75, 3.05) is 0 Å². The SMILES string of the molecule is Cc1cc(-c2c3cc(F)cnc3nc3sncc23)cc(C)n1. The Labute approximate surface area is 129 Å². The maximum Gasteiger partial charge on any atom is 0.161 e. The van der Waals surface area contributed by atoms with Gasteiger partial charge in [-0.1, -0.05) is 0 Å². The van der Waals surface area contributed by atoms with Crippen molar-refractivity contribution < 1.29 is 4.39 Å². The van der Waals surface area contributed by atoms with E-state index in [1.54, 1.807) is 6.20 Å². The summed E-state index contributed by atoms with van der Waals surface area (Å²) >= 11 is 1.31. The number of rotatable bonds is 1. The number of aryl methyl sites for hydroxylation is 2. The molecule has 0 saturated carbocycles. The fourth-order valence-electron chi connectivity index (χ4n) is 2.72. The van der Waals surface area contributed by atoms with Crippen molar-refractivity contribution in [2.24, 2.45) is 0 Å². The average molecular weight is 310 g/mol. The Morgan fingerprint density at radius 3 is 2.50 bits per heavy atom. The van der Waals surface area contributed by atoms with E-state index in [4.69, 9.17) is 0 Å². The van der Waals surface area contributed by atoms with Crippen molar-refractivity contribution in [3.63, 3.8) is 0 Å². The molecule has 4 heterocycles. The second kappa shape index (κ2) is 4.78. The molecular weight excluding hydrogens is 299 g/mol. The Balaban J connectivity index is 2.20. The molecular formula is C16H11FN4S. The maximum absolute atomic E-state index is 13.7. The molecule has 0 spiro atoms. The van der Waals surface area contributed by atoms with Gasteiger partial charge in [0.25, 0.3) is 0 Å². The van der Waals surface area contributed by atoms with Gasteiger partial charge < -0.3 is 0 Å². The Morgan fingerprint density at radius 2 is 1.73 bits per heavy atom. The van der Waals surface area contributed by atoms with Crippen LogP contribution in [0, 0.1) is 19.7 Å². The van der Waals surface area contributed by atoms with Gasteiger partial charge in [0.15, 0.2) is 5.65 Å². The number of nitrogens with zero attached hydrogens (tertiary/aromatic N) is 4. The Hall–Kier alpha value is -2.47. The van der Waals surface area contributed by atoms with Crippen LogP contribution in [0.2, 0.25) is 0 Å². The molecule has 0 unspecified atom stereocenters. The summed E-state index contributed by atoms with van der Waals surface area (Å²) in [4.78, 5) is 13.8. The molecule has 6 heteroatoms. The molecule has 4 aromatic heterocycles. The Bertz CT molecular complexity index is 1010. The standard InChI is InChI=1S/C16H11FN4S/c1-8-3-10(4-9(2)20-8)14-12-5-11(17)6-18-15(12)21-16-13(14)7-19-22-16/h3-7H,1-2H3. The van der Waals surface area contributed by atoms with Crippen LogP contribution in [0.1, 0.15) is 11.4 Å². The van der Waals surface area contributed by atoms with Crippen LogP contribution in [-0.2, 0) is 0 Å². The second-order valence-corrected chi connectivity index (χ2v) is 5.97. The molecule has 0 aliphatic heterocycles. The molecule has 0 aromatic carbocycles. The lowest BCUT2D eigenvalue weighted by atomic mass is 9.99. The first-order valence-electron chi connectivity index (χ1n) is 6.77. The van der Waals surface area contributed by atoms with Crippen molar-refractivity contribution in [1.29, 1.82) is 0 Å². The Morgan fingerprint density at radius 1 is 0.955 bits per heavy atom. The molecule has 0 amide bonds. The predicted octanol–water partition coefficient (Wildman–Crippen LogP) is 4.06. The molecule has 0 fully saturated rings. The van der Waals surface area contributed by atoms with Gasteiger partial charge >= 0.3 is 0 Å². The van der Waals surface area contributed by atoms with Crippen molar-refractivity contribution in [2.45, 2.75) is 13.8 Å². The molecule has 108 valence electrons. The highest BCUT2D eigenvalue weighted by molar-refractivity contribution is 7.12. The van der Waals surface area contributed by atoms with E-state index >= 15 is 0 Å². The van der Waals surface area contributed by atoms with E-state index in [9.17, 15) is 4.39 Å². The van der Waals surface area contributed by atoms with Gasteiger partial charge in [-0.25, -0.2) is 14.4 Å². The van der Waals surface area contributed by atoms with Gasteiger partial charge in [0.2, 0.25) is 0 Å². The van der Waals surface area contributed by atoms with E-state index in [0.29, 0.717) is 11.0 Å². The summed E-state index contributed by atoms with van der Waals surface area (Å²) in [6.45, 7) is 3.89. The van der Waals surface area contributed by atoms with Crippen LogP contribution in [0.5, 0.6) is 0 Å². The second-order valence-electron chi connectivity index (χ2n) is 5.19. The van der Waals surface area contributed by atoms with Crippen LogP contribution in [0.25, 0.3) is 32.4 Å². The van der Waals surface area contributed by atoms with Gasteiger partial charge in [-0.2, -0.15) is 4.37 Å². The maximum atomic E-state index is 13.7. The van der Waals surface area contributed by atoms with Gasteiger partial charge in [0.1, 0.15) is 10.6 Å². The van der Waals surface area contributed by atoms with Crippen molar-refractivity contribution in [1.82, 2.24) is 19.3 Å². The highest BCUT2D eigenvalue weighted by Gasteiger charge is 2.15. The molecule has 4 rings (SSSR count). The minimum absolute atomic E-state index is 0.374. The normalized spacial score (nSPS) is 11.4. The lowest BCUT2D eigenvalue weighted by Gasteiger charge is -2.09. The monoisotopic (exact) mass is 310 g/mol. The van der Waals surface area contributed by atoms with E-state index in [0.717, 1.165) is 32.7 Å². The summed E-state index contributed by atoms with van der Waals surface area (Å²) in [6.07, 6.45) is 2.97. The largest absolute Gasteiger partial charge is 0.258 e. The highest BCUT2D eigenvalue weighted by Crippen LogP contribution is 2.35. The zero-order valence-electron chi connectivity index (χ0n) is 12.0. The number of aromatic nitrogens is 4. The quantitative estimate of drug-likeness (QED) is 0.532. The first-order chi connectivity index (χ1) is 10.6. The first-order valence-corrected chi connectivity index (χ1v) is 7.54. The van der Waals surface area contributed by atoms with E-state index < -0.39 is 0 Å². The van der Waals surface area contributed by atoms with Crippen LogP contribution >= 0.6 is 11.5 Å². The van der Waals surface area contributed by atoms with Gasteiger partial charge in [0, 0.05) is 27.7 Å². The summed E-state index contributed by atoms with van der Waals surface area (Å²) in [7, 11) is 0. The molecule has 0 bridgehead atoms. The number of pyridine rings is 3. The summed E-state index contributed by atoms with van der Waals surface area (Å²) in [6, 6.07) is 5.46. The molecule has 0 aliphatic carbocycles. The number of hydrogen-bond donors (Lipinski definition) is 0.